The highest BCUT2D eigenvalue weighted by Gasteiger charge is 2.35. The van der Waals surface area contributed by atoms with E-state index in [0.29, 0.717) is 35.9 Å². The average Bonchev–Trinajstić information content (AvgIpc) is 2.97. The molecule has 2 heterocycles. The largest absolute Gasteiger partial charge is 0.421 e. The van der Waals surface area contributed by atoms with E-state index in [-0.39, 0.29) is 29.0 Å². The topological polar surface area (TPSA) is 93.8 Å². The minimum Gasteiger partial charge on any atom is -0.366 e. The Morgan fingerprint density at radius 1 is 1.17 bits per heavy atom. The van der Waals surface area contributed by atoms with E-state index < -0.39 is 17.3 Å². The van der Waals surface area contributed by atoms with Crippen LogP contribution in [0.3, 0.4) is 0 Å². The predicted molar refractivity (Wildman–Crippen MR) is 99.8 cm³/mol. The fourth-order valence-electron chi connectivity index (χ4n) is 3.35. The molecule has 0 saturated heterocycles. The standard InChI is InChI=1S/C17H20ClF3N6O2/c1-26-8-11(14(18)25-26)15(28)23-10-5-3-9(4-6-10)22-13-7-12(17(19,20)21)16(29)27(2)24-13/h7-10H,3-6H2,1-2H3,(H,22,24)(H,23,28). The van der Waals surface area contributed by atoms with E-state index in [0.717, 1.165) is 6.07 Å². The molecule has 0 bridgehead atoms. The first-order chi connectivity index (χ1) is 13.5. The Balaban J connectivity index is 1.59. The van der Waals surface area contributed by atoms with Crippen molar-refractivity contribution in [2.75, 3.05) is 5.32 Å². The molecule has 2 N–H and O–H groups in total. The van der Waals surface area contributed by atoms with Crippen LogP contribution in [-0.4, -0.2) is 37.6 Å². The van der Waals surface area contributed by atoms with Crippen molar-refractivity contribution in [1.82, 2.24) is 24.9 Å². The van der Waals surface area contributed by atoms with Crippen molar-refractivity contribution in [2.45, 2.75) is 43.9 Å². The normalized spacial score (nSPS) is 19.8. The van der Waals surface area contributed by atoms with Crippen molar-refractivity contribution in [2.24, 2.45) is 14.1 Å². The molecule has 0 spiro atoms. The minimum atomic E-state index is -4.75. The highest BCUT2D eigenvalue weighted by Crippen LogP contribution is 2.28. The number of hydrogen-bond acceptors (Lipinski definition) is 5. The second-order valence-corrected chi connectivity index (χ2v) is 7.40. The Kier molecular flexibility index (Phi) is 5.87. The molecule has 0 aliphatic heterocycles. The Bertz CT molecular complexity index is 963. The van der Waals surface area contributed by atoms with Crippen molar-refractivity contribution in [1.29, 1.82) is 0 Å². The summed E-state index contributed by atoms with van der Waals surface area (Å²) in [5, 5.41) is 13.8. The van der Waals surface area contributed by atoms with Gasteiger partial charge in [0.05, 0.1) is 5.56 Å². The molecule has 1 aliphatic carbocycles. The van der Waals surface area contributed by atoms with Crippen molar-refractivity contribution in [3.05, 3.63) is 38.9 Å². The van der Waals surface area contributed by atoms with Gasteiger partial charge < -0.3 is 10.6 Å². The van der Waals surface area contributed by atoms with Crippen molar-refractivity contribution < 1.29 is 18.0 Å². The molecular weight excluding hydrogens is 413 g/mol. The number of carbonyl (C=O) groups excluding carboxylic acids is 1. The molecule has 0 radical (unpaired) electrons. The molecule has 2 aromatic heterocycles. The number of nitrogens with one attached hydrogen (secondary N) is 2. The predicted octanol–water partition coefficient (Wildman–Crippen LogP) is 2.34. The van der Waals surface area contributed by atoms with Crippen LogP contribution in [0.15, 0.2) is 17.1 Å². The van der Waals surface area contributed by atoms with Gasteiger partial charge in [0.2, 0.25) is 0 Å². The zero-order valence-electron chi connectivity index (χ0n) is 15.8. The number of aryl methyl sites for hydroxylation is 2. The molecule has 1 fully saturated rings. The summed E-state index contributed by atoms with van der Waals surface area (Å²) >= 11 is 5.93. The number of carbonyl (C=O) groups is 1. The van der Waals surface area contributed by atoms with Crippen LogP contribution in [0.4, 0.5) is 19.0 Å². The summed E-state index contributed by atoms with van der Waals surface area (Å²) in [7, 11) is 2.84. The first-order valence-electron chi connectivity index (χ1n) is 8.96. The van der Waals surface area contributed by atoms with Gasteiger partial charge in [-0.15, -0.1) is 0 Å². The third kappa shape index (κ3) is 4.89. The van der Waals surface area contributed by atoms with Crippen LogP contribution in [0.25, 0.3) is 0 Å². The van der Waals surface area contributed by atoms with Gasteiger partial charge in [0.1, 0.15) is 11.4 Å². The van der Waals surface area contributed by atoms with Crippen LogP contribution in [0, 0.1) is 0 Å². The summed E-state index contributed by atoms with van der Waals surface area (Å²) in [4.78, 5) is 24.0. The Morgan fingerprint density at radius 2 is 1.79 bits per heavy atom. The summed E-state index contributed by atoms with van der Waals surface area (Å²) in [6.07, 6.45) is -0.689. The Labute approximate surface area is 169 Å². The van der Waals surface area contributed by atoms with E-state index in [1.54, 1.807) is 7.05 Å². The number of alkyl halides is 3. The fraction of sp³-hybridized carbons (Fsp3) is 0.529. The lowest BCUT2D eigenvalue weighted by atomic mass is 9.91. The maximum atomic E-state index is 13.0. The molecule has 0 aromatic carbocycles. The van der Waals surface area contributed by atoms with Gasteiger partial charge in [-0.25, -0.2) is 4.68 Å². The van der Waals surface area contributed by atoms with Gasteiger partial charge in [-0.3, -0.25) is 14.3 Å². The maximum Gasteiger partial charge on any atom is 0.421 e. The maximum absolute atomic E-state index is 13.0. The Hall–Kier alpha value is -2.56. The van der Waals surface area contributed by atoms with Gasteiger partial charge >= 0.3 is 6.18 Å². The molecule has 12 heteroatoms. The lowest BCUT2D eigenvalue weighted by Crippen LogP contribution is -2.40. The summed E-state index contributed by atoms with van der Waals surface area (Å²) in [6.45, 7) is 0. The SMILES string of the molecule is Cn1cc(C(=O)NC2CCC(Nc3cc(C(F)(F)F)c(=O)n(C)n3)CC2)c(Cl)n1. The number of halogens is 4. The van der Waals surface area contributed by atoms with Crippen molar-refractivity contribution in [3.8, 4) is 0 Å². The molecule has 1 saturated carbocycles. The summed E-state index contributed by atoms with van der Waals surface area (Å²) < 4.78 is 41.1. The third-order valence-electron chi connectivity index (χ3n) is 4.81. The fourth-order valence-corrected chi connectivity index (χ4v) is 3.60. The van der Waals surface area contributed by atoms with Crippen LogP contribution in [0.1, 0.15) is 41.6 Å². The molecule has 29 heavy (non-hydrogen) atoms. The highest BCUT2D eigenvalue weighted by atomic mass is 35.5. The van der Waals surface area contributed by atoms with Crippen molar-refractivity contribution >= 4 is 23.3 Å². The summed E-state index contributed by atoms with van der Waals surface area (Å²) in [6, 6.07) is 0.549. The zero-order chi connectivity index (χ0) is 21.3. The molecule has 158 valence electrons. The van der Waals surface area contributed by atoms with E-state index in [4.69, 9.17) is 11.6 Å². The molecule has 8 nitrogen and oxygen atoms in total. The van der Waals surface area contributed by atoms with Crippen LogP contribution < -0.4 is 16.2 Å². The molecule has 2 aromatic rings. The van der Waals surface area contributed by atoms with Gasteiger partial charge in [0.25, 0.3) is 11.5 Å². The number of anilines is 1. The summed E-state index contributed by atoms with van der Waals surface area (Å²) in [5.41, 5.74) is -2.15. The monoisotopic (exact) mass is 432 g/mol. The molecule has 0 atom stereocenters. The highest BCUT2D eigenvalue weighted by molar-refractivity contribution is 6.32. The van der Waals surface area contributed by atoms with E-state index in [1.165, 1.54) is 17.9 Å². The van der Waals surface area contributed by atoms with Gasteiger partial charge in [-0.05, 0) is 25.7 Å². The molecule has 0 unspecified atom stereocenters. The quantitative estimate of drug-likeness (QED) is 0.773. The molecule has 1 amide bonds. The van der Waals surface area contributed by atoms with Crippen LogP contribution in [0.2, 0.25) is 5.15 Å². The number of nitrogens with zero attached hydrogens (tertiary/aromatic N) is 4. The van der Waals surface area contributed by atoms with E-state index in [9.17, 15) is 22.8 Å². The third-order valence-corrected chi connectivity index (χ3v) is 5.09. The smallest absolute Gasteiger partial charge is 0.366 e. The summed E-state index contributed by atoms with van der Waals surface area (Å²) in [5.74, 6) is -0.317. The van der Waals surface area contributed by atoms with Gasteiger partial charge in [0.15, 0.2) is 5.15 Å². The number of hydrogen-bond donors (Lipinski definition) is 2. The van der Waals surface area contributed by atoms with Crippen LogP contribution in [-0.2, 0) is 20.3 Å². The number of aromatic nitrogens is 4. The van der Waals surface area contributed by atoms with Gasteiger partial charge in [-0.2, -0.15) is 23.4 Å². The van der Waals surface area contributed by atoms with Gasteiger partial charge in [0, 0.05) is 38.4 Å². The molecule has 3 rings (SSSR count). The van der Waals surface area contributed by atoms with Gasteiger partial charge in [-0.1, -0.05) is 11.6 Å². The average molecular weight is 433 g/mol. The zero-order valence-corrected chi connectivity index (χ0v) is 16.5. The number of amides is 1. The Morgan fingerprint density at radius 3 is 2.34 bits per heavy atom. The van der Waals surface area contributed by atoms with E-state index in [2.05, 4.69) is 20.8 Å². The first-order valence-corrected chi connectivity index (χ1v) is 9.34. The number of rotatable bonds is 4. The van der Waals surface area contributed by atoms with Crippen LogP contribution in [0.5, 0.6) is 0 Å². The second-order valence-electron chi connectivity index (χ2n) is 7.04. The lowest BCUT2D eigenvalue weighted by molar-refractivity contribution is -0.139. The lowest BCUT2D eigenvalue weighted by Gasteiger charge is -2.30. The van der Waals surface area contributed by atoms with E-state index in [1.807, 2.05) is 0 Å². The van der Waals surface area contributed by atoms with E-state index >= 15 is 0 Å². The first kappa shape index (κ1) is 21.2. The van der Waals surface area contributed by atoms with Crippen molar-refractivity contribution in [3.63, 3.8) is 0 Å². The van der Waals surface area contributed by atoms with Crippen LogP contribution >= 0.6 is 11.6 Å². The second kappa shape index (κ2) is 8.05. The molecular formula is C17H20ClF3N6O2. The molecule has 1 aliphatic rings. The minimum absolute atomic E-state index is 0.00551.